The molecule has 3 aromatic rings. The van der Waals surface area contributed by atoms with E-state index in [9.17, 15) is 9.59 Å². The lowest BCUT2D eigenvalue weighted by atomic mass is 10.1. The Labute approximate surface area is 152 Å². The maximum absolute atomic E-state index is 12.4. The average molecular weight is 369 g/mol. The minimum absolute atomic E-state index is 0.147. The lowest BCUT2D eigenvalue weighted by Gasteiger charge is -2.23. The number of fused-ring (bicyclic) bond motifs is 1. The molecule has 0 saturated heterocycles. The van der Waals surface area contributed by atoms with Gasteiger partial charge in [-0.1, -0.05) is 47.3 Å². The van der Waals surface area contributed by atoms with Gasteiger partial charge in [-0.25, -0.2) is 4.98 Å². The number of thioether (sulfide) groups is 1. The second-order valence-corrected chi connectivity index (χ2v) is 6.77. The molecule has 0 saturated carbocycles. The van der Waals surface area contributed by atoms with Gasteiger partial charge in [0, 0.05) is 30.1 Å². The van der Waals surface area contributed by atoms with Crippen molar-refractivity contribution in [3.63, 3.8) is 0 Å². The molecular weight excluding hydrogens is 354 g/mol. The molecule has 3 heterocycles. The van der Waals surface area contributed by atoms with E-state index in [0.29, 0.717) is 29.2 Å². The zero-order chi connectivity index (χ0) is 17.9. The summed E-state index contributed by atoms with van der Waals surface area (Å²) in [5, 5.41) is 7.37. The maximum Gasteiger partial charge on any atom is 0.254 e. The van der Waals surface area contributed by atoms with Crippen molar-refractivity contribution in [3.8, 4) is 11.4 Å². The summed E-state index contributed by atoms with van der Waals surface area (Å²) in [6, 6.07) is 10.9. The van der Waals surface area contributed by atoms with Crippen molar-refractivity contribution in [1.82, 2.24) is 25.0 Å². The molecular formula is C17H15N5O3S. The lowest BCUT2D eigenvalue weighted by Crippen LogP contribution is -2.39. The van der Waals surface area contributed by atoms with Gasteiger partial charge >= 0.3 is 0 Å². The molecule has 0 aliphatic carbocycles. The van der Waals surface area contributed by atoms with Gasteiger partial charge in [-0.3, -0.25) is 14.2 Å². The Balaban J connectivity index is 1.38. The quantitative estimate of drug-likeness (QED) is 0.692. The third kappa shape index (κ3) is 3.38. The van der Waals surface area contributed by atoms with E-state index >= 15 is 0 Å². The van der Waals surface area contributed by atoms with Gasteiger partial charge in [-0.05, 0) is 0 Å². The second kappa shape index (κ2) is 7.12. The molecule has 4 rings (SSSR count). The van der Waals surface area contributed by atoms with Crippen molar-refractivity contribution in [2.24, 2.45) is 5.92 Å². The number of rotatable bonds is 4. The fraction of sp³-hybridized carbons (Fsp3) is 0.235. The number of hydrogen-bond donors (Lipinski definition) is 1. The van der Waals surface area contributed by atoms with Crippen LogP contribution in [0.4, 0.5) is 0 Å². The SMILES string of the molecule is O=C(NCc1nc(-c2ccccc2)no1)C1CSc2nccc(=O)n2C1. The van der Waals surface area contributed by atoms with Crippen molar-refractivity contribution < 1.29 is 9.32 Å². The number of amides is 1. The summed E-state index contributed by atoms with van der Waals surface area (Å²) in [6.45, 7) is 0.467. The van der Waals surface area contributed by atoms with Crippen molar-refractivity contribution in [2.45, 2.75) is 18.2 Å². The molecule has 1 atom stereocenters. The van der Waals surface area contributed by atoms with E-state index in [1.165, 1.54) is 28.6 Å². The average Bonchev–Trinajstić information content (AvgIpc) is 3.16. The van der Waals surface area contributed by atoms with Crippen molar-refractivity contribution >= 4 is 17.7 Å². The fourth-order valence-electron chi connectivity index (χ4n) is 2.65. The van der Waals surface area contributed by atoms with E-state index in [2.05, 4.69) is 20.4 Å². The molecule has 9 heteroatoms. The van der Waals surface area contributed by atoms with Crippen LogP contribution in [0, 0.1) is 5.92 Å². The van der Waals surface area contributed by atoms with Gasteiger partial charge in [0.05, 0.1) is 12.5 Å². The van der Waals surface area contributed by atoms with Crippen LogP contribution in [0.25, 0.3) is 11.4 Å². The largest absolute Gasteiger partial charge is 0.347 e. The molecule has 1 aliphatic rings. The first-order valence-corrected chi connectivity index (χ1v) is 9.03. The van der Waals surface area contributed by atoms with Crippen LogP contribution < -0.4 is 10.9 Å². The van der Waals surface area contributed by atoms with Gasteiger partial charge in [0.2, 0.25) is 17.6 Å². The van der Waals surface area contributed by atoms with Crippen LogP contribution in [0.5, 0.6) is 0 Å². The predicted octanol–water partition coefficient (Wildman–Crippen LogP) is 1.33. The van der Waals surface area contributed by atoms with E-state index in [4.69, 9.17) is 4.52 Å². The standard InChI is InChI=1S/C17H15N5O3S/c23-14-6-7-18-17-22(14)9-12(10-26-17)16(24)19-8-13-20-15(21-25-13)11-4-2-1-3-5-11/h1-7,12H,8-10H2,(H,19,24). The maximum atomic E-state index is 12.4. The molecule has 1 aromatic carbocycles. The third-order valence-electron chi connectivity index (χ3n) is 4.00. The van der Waals surface area contributed by atoms with Crippen LogP contribution in [0.1, 0.15) is 5.89 Å². The van der Waals surface area contributed by atoms with Gasteiger partial charge < -0.3 is 9.84 Å². The molecule has 26 heavy (non-hydrogen) atoms. The molecule has 0 radical (unpaired) electrons. The number of benzene rings is 1. The summed E-state index contributed by atoms with van der Waals surface area (Å²) in [5.74, 6) is 0.917. The Morgan fingerprint density at radius 1 is 1.31 bits per heavy atom. The Morgan fingerprint density at radius 3 is 3.00 bits per heavy atom. The molecule has 0 spiro atoms. The van der Waals surface area contributed by atoms with Crippen LogP contribution in [0.15, 0.2) is 57.1 Å². The first-order valence-electron chi connectivity index (χ1n) is 8.05. The summed E-state index contributed by atoms with van der Waals surface area (Å²) >= 11 is 1.40. The normalized spacial score (nSPS) is 16.1. The number of carbonyl (C=O) groups is 1. The number of aromatic nitrogens is 4. The van der Waals surface area contributed by atoms with E-state index in [1.807, 2.05) is 30.3 Å². The highest BCUT2D eigenvalue weighted by Gasteiger charge is 2.26. The highest BCUT2D eigenvalue weighted by molar-refractivity contribution is 7.99. The highest BCUT2D eigenvalue weighted by Crippen LogP contribution is 2.24. The van der Waals surface area contributed by atoms with Crippen molar-refractivity contribution in [3.05, 3.63) is 58.8 Å². The summed E-state index contributed by atoms with van der Waals surface area (Å²) in [4.78, 5) is 32.8. The minimum Gasteiger partial charge on any atom is -0.347 e. The zero-order valence-corrected chi connectivity index (χ0v) is 14.5. The third-order valence-corrected chi connectivity index (χ3v) is 5.15. The minimum atomic E-state index is -0.314. The Bertz CT molecular complexity index is 985. The smallest absolute Gasteiger partial charge is 0.254 e. The van der Waals surface area contributed by atoms with Gasteiger partial charge in [0.1, 0.15) is 0 Å². The van der Waals surface area contributed by atoms with Gasteiger partial charge in [0.25, 0.3) is 5.56 Å². The van der Waals surface area contributed by atoms with Crippen molar-refractivity contribution in [2.75, 3.05) is 5.75 Å². The molecule has 0 bridgehead atoms. The molecule has 1 unspecified atom stereocenters. The predicted molar refractivity (Wildman–Crippen MR) is 94.3 cm³/mol. The van der Waals surface area contributed by atoms with E-state index < -0.39 is 0 Å². The number of nitrogens with zero attached hydrogens (tertiary/aromatic N) is 4. The summed E-state index contributed by atoms with van der Waals surface area (Å²) < 4.78 is 6.71. The number of nitrogens with one attached hydrogen (secondary N) is 1. The number of carbonyl (C=O) groups excluding carboxylic acids is 1. The van der Waals surface area contributed by atoms with Crippen LogP contribution in [0.2, 0.25) is 0 Å². The van der Waals surface area contributed by atoms with E-state index in [0.717, 1.165) is 5.56 Å². The molecule has 1 amide bonds. The van der Waals surface area contributed by atoms with E-state index in [-0.39, 0.29) is 23.9 Å². The highest BCUT2D eigenvalue weighted by atomic mass is 32.2. The van der Waals surface area contributed by atoms with E-state index in [1.54, 1.807) is 0 Å². The van der Waals surface area contributed by atoms with Crippen LogP contribution in [-0.4, -0.2) is 31.4 Å². The Hall–Kier alpha value is -2.94. The monoisotopic (exact) mass is 369 g/mol. The van der Waals surface area contributed by atoms with Gasteiger partial charge in [-0.2, -0.15) is 4.98 Å². The van der Waals surface area contributed by atoms with Crippen LogP contribution in [0.3, 0.4) is 0 Å². The van der Waals surface area contributed by atoms with Gasteiger partial charge in [0.15, 0.2) is 5.16 Å². The summed E-state index contributed by atoms with van der Waals surface area (Å²) in [7, 11) is 0. The molecule has 8 nitrogen and oxygen atoms in total. The number of hydrogen-bond acceptors (Lipinski definition) is 7. The fourth-order valence-corrected chi connectivity index (χ4v) is 3.71. The summed E-state index contributed by atoms with van der Waals surface area (Å²) in [5.41, 5.74) is 0.699. The molecule has 1 aliphatic heterocycles. The molecule has 0 fully saturated rings. The second-order valence-electron chi connectivity index (χ2n) is 5.78. The lowest BCUT2D eigenvalue weighted by molar-refractivity contribution is -0.125. The topological polar surface area (TPSA) is 103 Å². The van der Waals surface area contributed by atoms with Crippen molar-refractivity contribution in [1.29, 1.82) is 0 Å². The molecule has 2 aromatic heterocycles. The van der Waals surface area contributed by atoms with Crippen LogP contribution >= 0.6 is 11.8 Å². The first kappa shape index (κ1) is 16.5. The molecule has 1 N–H and O–H groups in total. The Morgan fingerprint density at radius 2 is 2.15 bits per heavy atom. The summed E-state index contributed by atoms with van der Waals surface area (Å²) in [6.07, 6.45) is 1.49. The zero-order valence-electron chi connectivity index (χ0n) is 13.7. The van der Waals surface area contributed by atoms with Gasteiger partial charge in [-0.15, -0.1) is 0 Å². The molecule has 132 valence electrons. The Kier molecular flexibility index (Phi) is 4.53. The van der Waals surface area contributed by atoms with Crippen LogP contribution in [-0.2, 0) is 17.9 Å². The first-order chi connectivity index (χ1) is 12.7.